The van der Waals surface area contributed by atoms with Crippen molar-refractivity contribution in [2.75, 3.05) is 13.9 Å². The Balaban J connectivity index is 1.29. The quantitative estimate of drug-likeness (QED) is 0.342. The van der Waals surface area contributed by atoms with Gasteiger partial charge in [-0.25, -0.2) is 9.59 Å². The van der Waals surface area contributed by atoms with Crippen LogP contribution in [0.1, 0.15) is 67.2 Å². The van der Waals surface area contributed by atoms with Crippen molar-refractivity contribution in [1.82, 2.24) is 0 Å². The Bertz CT molecular complexity index is 1540. The Morgan fingerprint density at radius 1 is 0.889 bits per heavy atom. The van der Waals surface area contributed by atoms with Gasteiger partial charge in [0.05, 0.1) is 17.2 Å². The lowest BCUT2D eigenvalue weighted by Gasteiger charge is -2.68. The third kappa shape index (κ3) is 4.47. The van der Waals surface area contributed by atoms with Crippen molar-refractivity contribution < 1.29 is 47.6 Å². The molecule has 10 atom stereocenters. The van der Waals surface area contributed by atoms with Crippen LogP contribution in [0.5, 0.6) is 11.5 Å². The second-order valence-corrected chi connectivity index (χ2v) is 13.5. The molecule has 5 aliphatic rings. The van der Waals surface area contributed by atoms with Crippen LogP contribution in [0.4, 0.5) is 0 Å². The molecule has 238 valence electrons. The highest BCUT2D eigenvalue weighted by molar-refractivity contribution is 5.96. The summed E-state index contributed by atoms with van der Waals surface area (Å²) in [5, 5.41) is 0. The van der Waals surface area contributed by atoms with Gasteiger partial charge in [-0.05, 0) is 67.3 Å². The second-order valence-electron chi connectivity index (χ2n) is 13.5. The number of hydrogen-bond donors (Lipinski definition) is 0. The van der Waals surface area contributed by atoms with Gasteiger partial charge in [-0.15, -0.1) is 0 Å². The van der Waals surface area contributed by atoms with Crippen LogP contribution in [0.15, 0.2) is 48.5 Å². The monoisotopic (exact) mass is 618 g/mol. The third-order valence-electron chi connectivity index (χ3n) is 11.6. The zero-order valence-electron chi connectivity index (χ0n) is 25.9. The van der Waals surface area contributed by atoms with Crippen molar-refractivity contribution in [3.8, 4) is 11.5 Å². The molecule has 3 saturated carbocycles. The molecule has 0 unspecified atom stereocenters. The maximum Gasteiger partial charge on any atom is 0.338 e. The fraction of sp³-hybridized carbons (Fsp3) is 0.543. The first-order chi connectivity index (χ1) is 21.6. The number of benzene rings is 2. The molecule has 1 saturated heterocycles. The molecule has 0 spiro atoms. The van der Waals surface area contributed by atoms with Crippen molar-refractivity contribution in [2.45, 2.75) is 70.9 Å². The lowest BCUT2D eigenvalue weighted by molar-refractivity contribution is -0.280. The van der Waals surface area contributed by atoms with Crippen molar-refractivity contribution in [1.29, 1.82) is 0 Å². The molecule has 10 nitrogen and oxygen atoms in total. The minimum Gasteiger partial charge on any atom is -0.462 e. The number of hydrogen-bond acceptors (Lipinski definition) is 10. The van der Waals surface area contributed by atoms with Crippen LogP contribution < -0.4 is 9.47 Å². The summed E-state index contributed by atoms with van der Waals surface area (Å²) in [6.07, 6.45) is -1.27. The molecule has 2 heterocycles. The van der Waals surface area contributed by atoms with Crippen LogP contribution in [0, 0.1) is 34.5 Å². The maximum absolute atomic E-state index is 14.7. The zero-order chi connectivity index (χ0) is 31.7. The van der Waals surface area contributed by atoms with E-state index in [-0.39, 0.29) is 48.3 Å². The Kier molecular flexibility index (Phi) is 7.18. The predicted molar refractivity (Wildman–Crippen MR) is 157 cm³/mol. The molecular formula is C35H38O10. The highest BCUT2D eigenvalue weighted by Crippen LogP contribution is 2.68. The first kappa shape index (κ1) is 29.8. The molecule has 0 N–H and O–H groups in total. The summed E-state index contributed by atoms with van der Waals surface area (Å²) in [5.41, 5.74) is -1.13. The lowest BCUT2D eigenvalue weighted by atomic mass is 9.38. The lowest BCUT2D eigenvalue weighted by Crippen LogP contribution is -2.74. The number of carbonyl (C=O) groups is 4. The highest BCUT2D eigenvalue weighted by atomic mass is 16.7. The van der Waals surface area contributed by atoms with Gasteiger partial charge in [0.2, 0.25) is 6.79 Å². The number of carbonyl (C=O) groups excluding carboxylic acids is 4. The molecule has 0 radical (unpaired) electrons. The number of esters is 3. The van der Waals surface area contributed by atoms with Crippen LogP contribution >= 0.6 is 0 Å². The van der Waals surface area contributed by atoms with Gasteiger partial charge in [0, 0.05) is 30.3 Å². The summed E-state index contributed by atoms with van der Waals surface area (Å²) in [7, 11) is 1.57. The van der Waals surface area contributed by atoms with E-state index in [0.717, 1.165) is 0 Å². The Labute approximate surface area is 261 Å². The molecular weight excluding hydrogens is 580 g/mol. The number of Topliss-reactive ketones (excluding diaryl/α,β-unsaturated/α-hetero) is 1. The predicted octanol–water partition coefficient (Wildman–Crippen LogP) is 4.77. The second kappa shape index (κ2) is 10.9. The highest BCUT2D eigenvalue weighted by Gasteiger charge is 2.74. The average molecular weight is 619 g/mol. The molecule has 2 aromatic carbocycles. The standard InChI is InChI=1S/C35H38O10/c1-18-22-16-27(36)44-26-15-21-11-13-24(43-32(38)19-8-6-5-7-9-19)31(37)34(21,2)30(35(22,26)3)29(28(18)40-4)45-33(39)20-10-12-23-25(14-20)42-17-41-23/h5-10,12,14,18,21-22,24,26,28-30H,11,13,15-17H2,1-4H3/t18-,21-,22+,24+,26-,28+,29-,30-,34+,35-/m1/s1. The first-order valence-electron chi connectivity index (χ1n) is 15.7. The summed E-state index contributed by atoms with van der Waals surface area (Å²) >= 11 is 0. The largest absolute Gasteiger partial charge is 0.462 e. The number of rotatable bonds is 5. The van der Waals surface area contributed by atoms with E-state index in [1.54, 1.807) is 49.6 Å². The van der Waals surface area contributed by atoms with Crippen LogP contribution in [0.2, 0.25) is 0 Å². The van der Waals surface area contributed by atoms with Crippen LogP contribution in [0.25, 0.3) is 0 Å². The minimum atomic E-state index is -1.07. The summed E-state index contributed by atoms with van der Waals surface area (Å²) in [5.74, 6) is -1.76. The molecule has 2 aromatic rings. The van der Waals surface area contributed by atoms with Crippen molar-refractivity contribution >= 4 is 23.7 Å². The van der Waals surface area contributed by atoms with E-state index in [1.807, 2.05) is 19.9 Å². The fourth-order valence-corrected chi connectivity index (χ4v) is 9.46. The van der Waals surface area contributed by atoms with Gasteiger partial charge in [0.1, 0.15) is 12.2 Å². The molecule has 3 aliphatic carbocycles. The fourth-order valence-electron chi connectivity index (χ4n) is 9.46. The minimum absolute atomic E-state index is 0.0690. The van der Waals surface area contributed by atoms with Crippen molar-refractivity contribution in [3.05, 3.63) is 59.7 Å². The van der Waals surface area contributed by atoms with E-state index >= 15 is 0 Å². The van der Waals surface area contributed by atoms with E-state index in [1.165, 1.54) is 0 Å². The topological polar surface area (TPSA) is 124 Å². The Hall–Kier alpha value is -3.92. The van der Waals surface area contributed by atoms with E-state index < -0.39 is 53.1 Å². The summed E-state index contributed by atoms with van der Waals surface area (Å²) in [4.78, 5) is 54.7. The molecule has 45 heavy (non-hydrogen) atoms. The smallest absolute Gasteiger partial charge is 0.338 e. The molecule has 4 fully saturated rings. The normalized spacial score (nSPS) is 38.0. The number of methoxy groups -OCH3 is 1. The molecule has 0 bridgehead atoms. The van der Waals surface area contributed by atoms with Crippen LogP contribution in [0.3, 0.4) is 0 Å². The van der Waals surface area contributed by atoms with Gasteiger partial charge in [0.25, 0.3) is 0 Å². The number of fused-ring (bicyclic) bond motifs is 3. The summed E-state index contributed by atoms with van der Waals surface area (Å²) < 4.78 is 35.4. The van der Waals surface area contributed by atoms with Gasteiger partial charge in [0.15, 0.2) is 23.4 Å². The van der Waals surface area contributed by atoms with E-state index in [2.05, 4.69) is 6.92 Å². The van der Waals surface area contributed by atoms with Crippen molar-refractivity contribution in [3.63, 3.8) is 0 Å². The van der Waals surface area contributed by atoms with Gasteiger partial charge in [-0.2, -0.15) is 0 Å². The third-order valence-corrected chi connectivity index (χ3v) is 11.6. The SMILES string of the molecule is CO[C@H]1[C@H](C)[C@@H]2CC(=O)O[C@@H]3C[C@H]4CC[C@H](OC(=O)c5ccccc5)C(=O)[C@]4(C)[C@@H]([C@@H]1OC(=O)c1ccc4c(c1)OCO4)[C@@]32C. The maximum atomic E-state index is 14.7. The first-order valence-corrected chi connectivity index (χ1v) is 15.7. The zero-order valence-corrected chi connectivity index (χ0v) is 25.9. The average Bonchev–Trinajstić information content (AvgIpc) is 3.50. The van der Waals surface area contributed by atoms with E-state index in [0.29, 0.717) is 36.3 Å². The molecule has 0 aromatic heterocycles. The molecule has 7 rings (SSSR count). The van der Waals surface area contributed by atoms with Gasteiger partial charge < -0.3 is 28.4 Å². The summed E-state index contributed by atoms with van der Waals surface area (Å²) in [6, 6.07) is 13.5. The Morgan fingerprint density at radius 3 is 2.38 bits per heavy atom. The van der Waals surface area contributed by atoms with Crippen LogP contribution in [-0.2, 0) is 28.5 Å². The number of ether oxygens (including phenoxy) is 6. The molecule has 0 amide bonds. The van der Waals surface area contributed by atoms with Crippen LogP contribution in [-0.4, -0.2) is 62.0 Å². The summed E-state index contributed by atoms with van der Waals surface area (Å²) in [6.45, 7) is 6.07. The van der Waals surface area contributed by atoms with E-state index in [9.17, 15) is 19.2 Å². The van der Waals surface area contributed by atoms with Crippen molar-refractivity contribution in [2.24, 2.45) is 34.5 Å². The Morgan fingerprint density at radius 2 is 1.62 bits per heavy atom. The van der Waals surface area contributed by atoms with Gasteiger partial charge in [-0.1, -0.05) is 39.0 Å². The molecule has 10 heteroatoms. The van der Waals surface area contributed by atoms with E-state index in [4.69, 9.17) is 28.4 Å². The van der Waals surface area contributed by atoms with Gasteiger partial charge >= 0.3 is 17.9 Å². The number of ketones is 1. The van der Waals surface area contributed by atoms with Gasteiger partial charge in [-0.3, -0.25) is 9.59 Å². The molecule has 2 aliphatic heterocycles.